The molecule has 1 heterocycles. The lowest BCUT2D eigenvalue weighted by Crippen LogP contribution is -2.49. The lowest BCUT2D eigenvalue weighted by molar-refractivity contribution is 0.0637. The number of carbonyl (C=O) groups excluding carboxylic acids is 1. The van der Waals surface area contributed by atoms with Gasteiger partial charge in [0, 0.05) is 36.3 Å². The van der Waals surface area contributed by atoms with E-state index in [0.717, 1.165) is 42.7 Å². The lowest BCUT2D eigenvalue weighted by Gasteiger charge is -2.35. The Balaban J connectivity index is 1.58. The van der Waals surface area contributed by atoms with E-state index in [9.17, 15) is 4.79 Å². The Labute approximate surface area is 174 Å². The summed E-state index contributed by atoms with van der Waals surface area (Å²) in [7, 11) is 3.19. The van der Waals surface area contributed by atoms with Crippen LogP contribution in [-0.4, -0.2) is 62.7 Å². The maximum atomic E-state index is 13.0. The molecule has 1 aliphatic rings. The summed E-state index contributed by atoms with van der Waals surface area (Å²) < 4.78 is 11.5. The van der Waals surface area contributed by atoms with Crippen molar-refractivity contribution in [2.75, 3.05) is 46.9 Å². The van der Waals surface area contributed by atoms with Gasteiger partial charge in [0.1, 0.15) is 0 Å². The Morgan fingerprint density at radius 2 is 1.63 bits per heavy atom. The standard InChI is InChI=1S/C21H25IN2O3/c1-26-19-14-17(18(22)15-20(19)27-2)21(25)24-12-10-23(11-13-24)9-8-16-6-4-3-5-7-16/h3-7,14-15H,8-13H2,1-2H3. The van der Waals surface area contributed by atoms with Crippen LogP contribution in [0.25, 0.3) is 0 Å². The molecule has 144 valence electrons. The summed E-state index contributed by atoms with van der Waals surface area (Å²) in [5.41, 5.74) is 2.03. The van der Waals surface area contributed by atoms with Crippen LogP contribution in [0, 0.1) is 3.57 Å². The Hall–Kier alpha value is -1.80. The van der Waals surface area contributed by atoms with Gasteiger partial charge in [0.05, 0.1) is 19.8 Å². The summed E-state index contributed by atoms with van der Waals surface area (Å²) in [4.78, 5) is 17.3. The van der Waals surface area contributed by atoms with Crippen molar-refractivity contribution in [3.05, 3.63) is 57.2 Å². The third-order valence-corrected chi connectivity index (χ3v) is 5.82. The van der Waals surface area contributed by atoms with Crippen molar-refractivity contribution in [1.82, 2.24) is 9.80 Å². The van der Waals surface area contributed by atoms with E-state index in [0.29, 0.717) is 17.1 Å². The third kappa shape index (κ3) is 4.93. The van der Waals surface area contributed by atoms with E-state index >= 15 is 0 Å². The summed E-state index contributed by atoms with van der Waals surface area (Å²) >= 11 is 2.18. The molecule has 6 heteroatoms. The van der Waals surface area contributed by atoms with Gasteiger partial charge < -0.3 is 14.4 Å². The topological polar surface area (TPSA) is 42.0 Å². The molecule has 1 amide bonds. The molecular formula is C21H25IN2O3. The van der Waals surface area contributed by atoms with Gasteiger partial charge in [-0.25, -0.2) is 0 Å². The van der Waals surface area contributed by atoms with Crippen LogP contribution in [0.1, 0.15) is 15.9 Å². The fourth-order valence-electron chi connectivity index (χ4n) is 3.29. The number of rotatable bonds is 6. The van der Waals surface area contributed by atoms with Crippen LogP contribution in [-0.2, 0) is 6.42 Å². The molecule has 0 unspecified atom stereocenters. The molecule has 2 aromatic carbocycles. The quantitative estimate of drug-likeness (QED) is 0.596. The molecule has 1 fully saturated rings. The molecule has 27 heavy (non-hydrogen) atoms. The largest absolute Gasteiger partial charge is 0.493 e. The molecule has 1 saturated heterocycles. The summed E-state index contributed by atoms with van der Waals surface area (Å²) in [5, 5.41) is 0. The maximum Gasteiger partial charge on any atom is 0.255 e. The van der Waals surface area contributed by atoms with Crippen molar-refractivity contribution in [2.45, 2.75) is 6.42 Å². The van der Waals surface area contributed by atoms with Gasteiger partial charge in [0.25, 0.3) is 5.91 Å². The fraction of sp³-hybridized carbons (Fsp3) is 0.381. The van der Waals surface area contributed by atoms with E-state index in [1.54, 1.807) is 20.3 Å². The molecule has 0 aliphatic carbocycles. The number of methoxy groups -OCH3 is 2. The summed E-state index contributed by atoms with van der Waals surface area (Å²) in [6, 6.07) is 14.2. The van der Waals surface area contributed by atoms with Gasteiger partial charge >= 0.3 is 0 Å². The van der Waals surface area contributed by atoms with Gasteiger partial charge in [-0.3, -0.25) is 9.69 Å². The van der Waals surface area contributed by atoms with Crippen molar-refractivity contribution in [2.24, 2.45) is 0 Å². The van der Waals surface area contributed by atoms with E-state index < -0.39 is 0 Å². The Morgan fingerprint density at radius 3 is 2.26 bits per heavy atom. The highest BCUT2D eigenvalue weighted by Gasteiger charge is 2.24. The SMILES string of the molecule is COc1cc(I)c(C(=O)N2CCN(CCc3ccccc3)CC2)cc1OC. The zero-order chi connectivity index (χ0) is 19.2. The number of nitrogens with zero attached hydrogens (tertiary/aromatic N) is 2. The van der Waals surface area contributed by atoms with Gasteiger partial charge in [-0.2, -0.15) is 0 Å². The zero-order valence-electron chi connectivity index (χ0n) is 15.8. The summed E-state index contributed by atoms with van der Waals surface area (Å²) in [6.07, 6.45) is 1.04. The molecule has 0 radical (unpaired) electrons. The molecular weight excluding hydrogens is 455 g/mol. The lowest BCUT2D eigenvalue weighted by atomic mass is 10.1. The number of ether oxygens (including phenoxy) is 2. The number of amides is 1. The minimum absolute atomic E-state index is 0.0584. The molecule has 0 bridgehead atoms. The van der Waals surface area contributed by atoms with Crippen LogP contribution in [0.5, 0.6) is 11.5 Å². The molecule has 5 nitrogen and oxygen atoms in total. The molecule has 0 N–H and O–H groups in total. The summed E-state index contributed by atoms with van der Waals surface area (Å²) in [5.74, 6) is 1.29. The molecule has 0 atom stereocenters. The van der Waals surface area contributed by atoms with Gasteiger partial charge in [-0.1, -0.05) is 30.3 Å². The number of hydrogen-bond acceptors (Lipinski definition) is 4. The minimum atomic E-state index is 0.0584. The van der Waals surface area contributed by atoms with E-state index in [1.807, 2.05) is 17.0 Å². The Kier molecular flexibility index (Phi) is 6.95. The number of halogens is 1. The summed E-state index contributed by atoms with van der Waals surface area (Å²) in [6.45, 7) is 4.33. The first-order valence-corrected chi connectivity index (χ1v) is 10.2. The van der Waals surface area contributed by atoms with Crippen LogP contribution in [0.4, 0.5) is 0 Å². The van der Waals surface area contributed by atoms with Crippen LogP contribution < -0.4 is 9.47 Å². The van der Waals surface area contributed by atoms with Crippen LogP contribution in [0.15, 0.2) is 42.5 Å². The highest BCUT2D eigenvalue weighted by Crippen LogP contribution is 2.32. The van der Waals surface area contributed by atoms with Gasteiger partial charge in [0.15, 0.2) is 11.5 Å². The van der Waals surface area contributed by atoms with Crippen LogP contribution in [0.3, 0.4) is 0 Å². The monoisotopic (exact) mass is 480 g/mol. The molecule has 0 saturated carbocycles. The third-order valence-electron chi connectivity index (χ3n) is 4.92. The average Bonchev–Trinajstić information content (AvgIpc) is 2.72. The van der Waals surface area contributed by atoms with Crippen LogP contribution >= 0.6 is 22.6 Å². The molecule has 3 rings (SSSR count). The van der Waals surface area contributed by atoms with Crippen molar-refractivity contribution < 1.29 is 14.3 Å². The zero-order valence-corrected chi connectivity index (χ0v) is 17.9. The van der Waals surface area contributed by atoms with Crippen molar-refractivity contribution in [1.29, 1.82) is 0 Å². The van der Waals surface area contributed by atoms with E-state index in [2.05, 4.69) is 51.8 Å². The molecule has 1 aliphatic heterocycles. The van der Waals surface area contributed by atoms with E-state index in [1.165, 1.54) is 5.56 Å². The first-order valence-electron chi connectivity index (χ1n) is 9.09. The minimum Gasteiger partial charge on any atom is -0.493 e. The number of hydrogen-bond donors (Lipinski definition) is 0. The number of piperazine rings is 1. The molecule has 2 aromatic rings. The number of carbonyl (C=O) groups is 1. The normalized spacial score (nSPS) is 14.9. The van der Waals surface area contributed by atoms with Gasteiger partial charge in [-0.15, -0.1) is 0 Å². The van der Waals surface area contributed by atoms with Gasteiger partial charge in [0.2, 0.25) is 0 Å². The predicted molar refractivity (Wildman–Crippen MR) is 115 cm³/mol. The predicted octanol–water partition coefficient (Wildman–Crippen LogP) is 3.31. The average molecular weight is 480 g/mol. The Bertz CT molecular complexity index is 774. The first kappa shape index (κ1) is 19.9. The van der Waals surface area contributed by atoms with E-state index in [4.69, 9.17) is 9.47 Å². The second-order valence-corrected chi connectivity index (χ2v) is 7.72. The second-order valence-electron chi connectivity index (χ2n) is 6.56. The van der Waals surface area contributed by atoms with E-state index in [-0.39, 0.29) is 5.91 Å². The highest BCUT2D eigenvalue weighted by atomic mass is 127. The molecule has 0 aromatic heterocycles. The second kappa shape index (κ2) is 9.41. The smallest absolute Gasteiger partial charge is 0.255 e. The van der Waals surface area contributed by atoms with Crippen molar-refractivity contribution in [3.63, 3.8) is 0 Å². The van der Waals surface area contributed by atoms with Gasteiger partial charge in [-0.05, 0) is 46.7 Å². The first-order chi connectivity index (χ1) is 13.1. The highest BCUT2D eigenvalue weighted by molar-refractivity contribution is 14.1. The molecule has 0 spiro atoms. The van der Waals surface area contributed by atoms with Crippen molar-refractivity contribution >= 4 is 28.5 Å². The number of benzene rings is 2. The Morgan fingerprint density at radius 1 is 1.00 bits per heavy atom. The maximum absolute atomic E-state index is 13.0. The van der Waals surface area contributed by atoms with Crippen molar-refractivity contribution in [3.8, 4) is 11.5 Å². The van der Waals surface area contributed by atoms with Crippen LogP contribution in [0.2, 0.25) is 0 Å². The fourth-order valence-corrected chi connectivity index (χ4v) is 3.96.